The van der Waals surface area contributed by atoms with Crippen LogP contribution in [0.4, 0.5) is 0 Å². The summed E-state index contributed by atoms with van der Waals surface area (Å²) in [4.78, 5) is 19.9. The van der Waals surface area contributed by atoms with Crippen LogP contribution in [0.2, 0.25) is 0 Å². The fourth-order valence-corrected chi connectivity index (χ4v) is 0.352. The molecule has 69 valence electrons. The number of hydrogen-bond donors (Lipinski definition) is 0. The minimum Gasteiger partial charge on any atom is -0.300 e. The van der Waals surface area contributed by atoms with Crippen LogP contribution in [-0.4, -0.2) is 11.6 Å². The largest absolute Gasteiger partial charge is 0.300 e. The van der Waals surface area contributed by atoms with Gasteiger partial charge < -0.3 is 9.59 Å². The monoisotopic (exact) mass is 247 g/mol. The molecule has 12 heavy (non-hydrogen) atoms. The van der Waals surface area contributed by atoms with E-state index in [0.29, 0.717) is 6.42 Å². The fraction of sp³-hybridized carbons (Fsp3) is 0.778. The third kappa shape index (κ3) is 31.4. The molecule has 0 aliphatic rings. The van der Waals surface area contributed by atoms with Crippen molar-refractivity contribution in [2.75, 3.05) is 0 Å². The average Bonchev–Trinajstić information content (AvgIpc) is 1.89. The standard InChI is InChI=1S/C5H10O.C4H8O.Y/c1-3-4-5(2)6;1-3-4(2)5;/h3-4H2,1-2H3;3H2,1-2H3;. The summed E-state index contributed by atoms with van der Waals surface area (Å²) in [6, 6.07) is 0. The quantitative estimate of drug-likeness (QED) is 0.767. The zero-order chi connectivity index (χ0) is 9.28. The Morgan fingerprint density at radius 1 is 1.00 bits per heavy atom. The zero-order valence-electron chi connectivity index (χ0n) is 8.52. The molecule has 0 atom stereocenters. The van der Waals surface area contributed by atoms with E-state index in [1.165, 1.54) is 0 Å². The van der Waals surface area contributed by atoms with Crippen LogP contribution < -0.4 is 0 Å². The number of carbonyl (C=O) groups excluding carboxylic acids is 2. The molecule has 0 unspecified atom stereocenters. The summed E-state index contributed by atoms with van der Waals surface area (Å²) in [7, 11) is 0. The first-order valence-electron chi connectivity index (χ1n) is 4.03. The molecule has 0 aliphatic carbocycles. The average molecular weight is 247 g/mol. The minimum absolute atomic E-state index is 0. The molecule has 0 aromatic carbocycles. The maximum atomic E-state index is 10.0. The summed E-state index contributed by atoms with van der Waals surface area (Å²) < 4.78 is 0. The van der Waals surface area contributed by atoms with E-state index in [1.54, 1.807) is 13.8 Å². The first kappa shape index (κ1) is 18.3. The van der Waals surface area contributed by atoms with Crippen molar-refractivity contribution in [3.05, 3.63) is 0 Å². The summed E-state index contributed by atoms with van der Waals surface area (Å²) in [5.41, 5.74) is 0. The summed E-state index contributed by atoms with van der Waals surface area (Å²) in [6.07, 6.45) is 2.38. The van der Waals surface area contributed by atoms with E-state index in [4.69, 9.17) is 0 Å². The molecule has 0 saturated heterocycles. The number of hydrogen-bond acceptors (Lipinski definition) is 2. The Labute approximate surface area is 100 Å². The smallest absolute Gasteiger partial charge is 0.129 e. The Morgan fingerprint density at radius 3 is 1.33 bits per heavy atom. The van der Waals surface area contributed by atoms with Crippen LogP contribution in [0.5, 0.6) is 0 Å². The number of rotatable bonds is 3. The Balaban J connectivity index is -0.000000126. The van der Waals surface area contributed by atoms with E-state index in [-0.39, 0.29) is 44.3 Å². The molecule has 3 heteroatoms. The second-order valence-electron chi connectivity index (χ2n) is 2.51. The van der Waals surface area contributed by atoms with Gasteiger partial charge in [-0.15, -0.1) is 0 Å². The molecule has 0 aromatic heterocycles. The summed E-state index contributed by atoms with van der Waals surface area (Å²) in [5, 5.41) is 0. The normalized spacial score (nSPS) is 7.33. The van der Waals surface area contributed by atoms with E-state index in [9.17, 15) is 9.59 Å². The molecule has 0 aliphatic heterocycles. The molecule has 0 fully saturated rings. The maximum Gasteiger partial charge on any atom is 0.129 e. The van der Waals surface area contributed by atoms with Gasteiger partial charge in [0.15, 0.2) is 0 Å². The van der Waals surface area contributed by atoms with Gasteiger partial charge in [0, 0.05) is 45.6 Å². The molecule has 1 radical (unpaired) electrons. The van der Waals surface area contributed by atoms with Gasteiger partial charge in [-0.3, -0.25) is 0 Å². The topological polar surface area (TPSA) is 34.1 Å². The Morgan fingerprint density at radius 2 is 1.33 bits per heavy atom. The molecule has 0 rings (SSSR count). The van der Waals surface area contributed by atoms with E-state index in [2.05, 4.69) is 0 Å². The van der Waals surface area contributed by atoms with Crippen LogP contribution in [0.25, 0.3) is 0 Å². The minimum atomic E-state index is 0. The second-order valence-corrected chi connectivity index (χ2v) is 2.51. The van der Waals surface area contributed by atoms with Crippen molar-refractivity contribution in [1.82, 2.24) is 0 Å². The van der Waals surface area contributed by atoms with Crippen LogP contribution in [-0.2, 0) is 42.3 Å². The summed E-state index contributed by atoms with van der Waals surface area (Å²) in [5.74, 6) is 0.544. The van der Waals surface area contributed by atoms with Gasteiger partial charge in [0.25, 0.3) is 0 Å². The van der Waals surface area contributed by atoms with Crippen LogP contribution in [0.3, 0.4) is 0 Å². The van der Waals surface area contributed by atoms with Gasteiger partial charge in [-0.2, -0.15) is 0 Å². The Kier molecular flexibility index (Phi) is 21.3. The summed E-state index contributed by atoms with van der Waals surface area (Å²) in [6.45, 7) is 7.05. The van der Waals surface area contributed by atoms with Crippen molar-refractivity contribution in [2.45, 2.75) is 47.0 Å². The molecule has 2 nitrogen and oxygen atoms in total. The van der Waals surface area contributed by atoms with Gasteiger partial charge in [0.05, 0.1) is 0 Å². The zero-order valence-corrected chi connectivity index (χ0v) is 11.4. The van der Waals surface area contributed by atoms with Crippen molar-refractivity contribution in [2.24, 2.45) is 0 Å². The van der Waals surface area contributed by atoms with Crippen LogP contribution in [0.15, 0.2) is 0 Å². The van der Waals surface area contributed by atoms with Gasteiger partial charge >= 0.3 is 0 Å². The first-order valence-corrected chi connectivity index (χ1v) is 4.03. The third-order valence-electron chi connectivity index (χ3n) is 1.10. The third-order valence-corrected chi connectivity index (χ3v) is 1.10. The number of carbonyl (C=O) groups is 2. The molecule has 0 heterocycles. The number of ketones is 2. The second kappa shape index (κ2) is 14.0. The van der Waals surface area contributed by atoms with Crippen LogP contribution in [0, 0.1) is 0 Å². The van der Waals surface area contributed by atoms with Crippen LogP contribution >= 0.6 is 0 Å². The molecule has 0 saturated carbocycles. The van der Waals surface area contributed by atoms with Crippen molar-refractivity contribution in [3.8, 4) is 0 Å². The van der Waals surface area contributed by atoms with Crippen molar-refractivity contribution >= 4 is 11.6 Å². The molecule has 0 spiro atoms. The van der Waals surface area contributed by atoms with Gasteiger partial charge in [-0.05, 0) is 20.3 Å². The predicted octanol–water partition coefficient (Wildman–Crippen LogP) is 2.36. The Hall–Kier alpha value is 0.444. The van der Waals surface area contributed by atoms with Gasteiger partial charge in [-0.1, -0.05) is 13.8 Å². The SMILES string of the molecule is CCC(C)=O.CCCC(C)=O.[Y]. The van der Waals surface area contributed by atoms with Gasteiger partial charge in [0.2, 0.25) is 0 Å². The molecular formula is C9H18O2Y. The first-order chi connectivity index (χ1) is 5.04. The van der Waals surface area contributed by atoms with E-state index in [1.807, 2.05) is 13.8 Å². The van der Waals surface area contributed by atoms with E-state index >= 15 is 0 Å². The maximum absolute atomic E-state index is 10.0. The molecule has 0 N–H and O–H groups in total. The predicted molar refractivity (Wildman–Crippen MR) is 46.6 cm³/mol. The Bertz CT molecular complexity index is 122. The molecule has 0 amide bonds. The molecule has 0 bridgehead atoms. The van der Waals surface area contributed by atoms with Gasteiger partial charge in [-0.25, -0.2) is 0 Å². The molecular weight excluding hydrogens is 229 g/mol. The van der Waals surface area contributed by atoms with E-state index in [0.717, 1.165) is 12.8 Å². The van der Waals surface area contributed by atoms with Crippen molar-refractivity contribution in [3.63, 3.8) is 0 Å². The fourth-order valence-electron chi connectivity index (χ4n) is 0.352. The molecule has 0 aromatic rings. The summed E-state index contributed by atoms with van der Waals surface area (Å²) >= 11 is 0. The van der Waals surface area contributed by atoms with E-state index < -0.39 is 0 Å². The number of Topliss-reactive ketones (excluding diaryl/α,β-unsaturated/α-hetero) is 2. The van der Waals surface area contributed by atoms with Gasteiger partial charge in [0.1, 0.15) is 11.6 Å². The van der Waals surface area contributed by atoms with Crippen LogP contribution in [0.1, 0.15) is 47.0 Å². The van der Waals surface area contributed by atoms with Crippen molar-refractivity contribution in [1.29, 1.82) is 0 Å². The van der Waals surface area contributed by atoms with Crippen molar-refractivity contribution < 1.29 is 42.3 Å².